The second-order valence-corrected chi connectivity index (χ2v) is 4.07. The third-order valence-electron chi connectivity index (χ3n) is 2.58. The Kier molecular flexibility index (Phi) is 3.96. The van der Waals surface area contributed by atoms with E-state index in [0.717, 1.165) is 18.5 Å². The average Bonchev–Trinajstić information content (AvgIpc) is 2.85. The van der Waals surface area contributed by atoms with Gasteiger partial charge < -0.3 is 16.0 Å². The molecule has 0 aromatic carbocycles. The molecule has 2 rings (SSSR count). The van der Waals surface area contributed by atoms with Gasteiger partial charge in [-0.25, -0.2) is 4.98 Å². The molecule has 5 nitrogen and oxygen atoms in total. The van der Waals surface area contributed by atoms with Crippen molar-refractivity contribution in [2.24, 2.45) is 0 Å². The molecular formula is C13H16N4O. The molecule has 2 aromatic rings. The van der Waals surface area contributed by atoms with E-state index in [0.29, 0.717) is 17.9 Å². The Morgan fingerprint density at radius 3 is 2.94 bits per heavy atom. The number of nitrogens with two attached hydrogens (primary N) is 1. The largest absolute Gasteiger partial charge is 0.384 e. The van der Waals surface area contributed by atoms with E-state index in [4.69, 9.17) is 5.73 Å². The SMILES string of the molecule is Nc1ccc(NC(=O)CCCc2ccc[nH]2)cn1. The number of carbonyl (C=O) groups is 1. The number of amides is 1. The molecule has 4 N–H and O–H groups in total. The molecule has 0 aliphatic heterocycles. The summed E-state index contributed by atoms with van der Waals surface area (Å²) < 4.78 is 0. The summed E-state index contributed by atoms with van der Waals surface area (Å²) in [6.45, 7) is 0. The summed E-state index contributed by atoms with van der Waals surface area (Å²) in [7, 11) is 0. The Morgan fingerprint density at radius 1 is 1.39 bits per heavy atom. The number of nitrogens with one attached hydrogen (secondary N) is 2. The number of aryl methyl sites for hydroxylation is 1. The first kappa shape index (κ1) is 12.2. The van der Waals surface area contributed by atoms with Gasteiger partial charge in [0, 0.05) is 18.3 Å². The van der Waals surface area contributed by atoms with Crippen molar-refractivity contribution in [3.8, 4) is 0 Å². The summed E-state index contributed by atoms with van der Waals surface area (Å²) in [6.07, 6.45) is 5.62. The highest BCUT2D eigenvalue weighted by Gasteiger charge is 2.03. The first-order valence-electron chi connectivity index (χ1n) is 5.88. The van der Waals surface area contributed by atoms with Crippen LogP contribution in [0, 0.1) is 0 Å². The predicted octanol–water partition coefficient (Wildman–Crippen LogP) is 1.95. The number of hydrogen-bond acceptors (Lipinski definition) is 3. The fraction of sp³-hybridized carbons (Fsp3) is 0.231. The van der Waals surface area contributed by atoms with E-state index >= 15 is 0 Å². The van der Waals surface area contributed by atoms with Gasteiger partial charge in [-0.3, -0.25) is 4.79 Å². The third-order valence-corrected chi connectivity index (χ3v) is 2.58. The van der Waals surface area contributed by atoms with Crippen LogP contribution in [0.2, 0.25) is 0 Å². The van der Waals surface area contributed by atoms with E-state index in [-0.39, 0.29) is 5.91 Å². The second kappa shape index (κ2) is 5.86. The predicted molar refractivity (Wildman–Crippen MR) is 71.0 cm³/mol. The minimum Gasteiger partial charge on any atom is -0.384 e. The molecule has 0 saturated heterocycles. The zero-order chi connectivity index (χ0) is 12.8. The maximum Gasteiger partial charge on any atom is 0.224 e. The summed E-state index contributed by atoms with van der Waals surface area (Å²) in [5, 5.41) is 2.78. The lowest BCUT2D eigenvalue weighted by Crippen LogP contribution is -2.11. The van der Waals surface area contributed by atoms with E-state index in [2.05, 4.69) is 15.3 Å². The molecule has 0 aliphatic rings. The first-order chi connectivity index (χ1) is 8.74. The summed E-state index contributed by atoms with van der Waals surface area (Å²) in [5.41, 5.74) is 7.29. The summed E-state index contributed by atoms with van der Waals surface area (Å²) in [4.78, 5) is 18.7. The number of anilines is 2. The molecule has 0 fully saturated rings. The van der Waals surface area contributed by atoms with Crippen molar-refractivity contribution in [2.45, 2.75) is 19.3 Å². The van der Waals surface area contributed by atoms with E-state index in [1.165, 1.54) is 0 Å². The van der Waals surface area contributed by atoms with Gasteiger partial charge >= 0.3 is 0 Å². The highest BCUT2D eigenvalue weighted by molar-refractivity contribution is 5.90. The smallest absolute Gasteiger partial charge is 0.224 e. The zero-order valence-corrected chi connectivity index (χ0v) is 10.0. The van der Waals surface area contributed by atoms with Crippen LogP contribution in [0.1, 0.15) is 18.5 Å². The van der Waals surface area contributed by atoms with Crippen LogP contribution in [0.25, 0.3) is 0 Å². The maximum absolute atomic E-state index is 11.6. The molecule has 0 bridgehead atoms. The number of H-pyrrole nitrogens is 1. The number of nitrogen functional groups attached to an aromatic ring is 1. The van der Waals surface area contributed by atoms with Gasteiger partial charge in [-0.2, -0.15) is 0 Å². The van der Waals surface area contributed by atoms with Gasteiger partial charge in [-0.05, 0) is 37.1 Å². The number of nitrogens with zero attached hydrogens (tertiary/aromatic N) is 1. The molecule has 1 amide bonds. The number of rotatable bonds is 5. The van der Waals surface area contributed by atoms with Crippen LogP contribution in [-0.4, -0.2) is 15.9 Å². The topological polar surface area (TPSA) is 83.8 Å². The molecule has 94 valence electrons. The highest BCUT2D eigenvalue weighted by Crippen LogP contribution is 2.08. The lowest BCUT2D eigenvalue weighted by atomic mass is 10.2. The molecular weight excluding hydrogens is 228 g/mol. The number of aromatic nitrogens is 2. The fourth-order valence-corrected chi connectivity index (χ4v) is 1.67. The van der Waals surface area contributed by atoms with Crippen molar-refractivity contribution in [1.29, 1.82) is 0 Å². The van der Waals surface area contributed by atoms with Crippen molar-refractivity contribution in [1.82, 2.24) is 9.97 Å². The highest BCUT2D eigenvalue weighted by atomic mass is 16.1. The second-order valence-electron chi connectivity index (χ2n) is 4.07. The Bertz CT molecular complexity index is 490. The number of carbonyl (C=O) groups excluding carboxylic acids is 1. The van der Waals surface area contributed by atoms with Crippen LogP contribution in [0.15, 0.2) is 36.7 Å². The Morgan fingerprint density at radius 2 is 2.28 bits per heavy atom. The van der Waals surface area contributed by atoms with E-state index in [1.807, 2.05) is 18.3 Å². The Labute approximate surface area is 105 Å². The number of hydrogen-bond donors (Lipinski definition) is 3. The van der Waals surface area contributed by atoms with Crippen LogP contribution in [0.4, 0.5) is 11.5 Å². The Balaban J connectivity index is 1.73. The molecule has 5 heteroatoms. The lowest BCUT2D eigenvalue weighted by Gasteiger charge is -2.04. The van der Waals surface area contributed by atoms with E-state index in [1.54, 1.807) is 18.3 Å². The van der Waals surface area contributed by atoms with Gasteiger partial charge in [0.1, 0.15) is 5.82 Å². The molecule has 0 atom stereocenters. The zero-order valence-electron chi connectivity index (χ0n) is 10.0. The third kappa shape index (κ3) is 3.62. The monoisotopic (exact) mass is 244 g/mol. The molecule has 0 saturated carbocycles. The molecule has 2 aromatic heterocycles. The van der Waals surface area contributed by atoms with E-state index < -0.39 is 0 Å². The normalized spacial score (nSPS) is 10.2. The van der Waals surface area contributed by atoms with Gasteiger partial charge in [-0.1, -0.05) is 0 Å². The van der Waals surface area contributed by atoms with Crippen LogP contribution < -0.4 is 11.1 Å². The van der Waals surface area contributed by atoms with Crippen LogP contribution in [0.3, 0.4) is 0 Å². The van der Waals surface area contributed by atoms with Gasteiger partial charge in [0.2, 0.25) is 5.91 Å². The molecule has 2 heterocycles. The fourth-order valence-electron chi connectivity index (χ4n) is 1.67. The minimum atomic E-state index is -0.00636. The van der Waals surface area contributed by atoms with Crippen LogP contribution >= 0.6 is 0 Å². The van der Waals surface area contributed by atoms with Crippen molar-refractivity contribution >= 4 is 17.4 Å². The summed E-state index contributed by atoms with van der Waals surface area (Å²) in [5.74, 6) is 0.438. The minimum absolute atomic E-state index is 0.00636. The summed E-state index contributed by atoms with van der Waals surface area (Å²) in [6, 6.07) is 7.37. The number of pyridine rings is 1. The average molecular weight is 244 g/mol. The van der Waals surface area contributed by atoms with Crippen molar-refractivity contribution in [2.75, 3.05) is 11.1 Å². The molecule has 18 heavy (non-hydrogen) atoms. The quantitative estimate of drug-likeness (QED) is 0.751. The first-order valence-corrected chi connectivity index (χ1v) is 5.88. The van der Waals surface area contributed by atoms with Gasteiger partial charge in [0.25, 0.3) is 0 Å². The molecule has 0 aliphatic carbocycles. The molecule has 0 spiro atoms. The lowest BCUT2D eigenvalue weighted by molar-refractivity contribution is -0.116. The van der Waals surface area contributed by atoms with Crippen molar-refractivity contribution < 1.29 is 4.79 Å². The van der Waals surface area contributed by atoms with Crippen molar-refractivity contribution in [3.63, 3.8) is 0 Å². The molecule has 0 radical (unpaired) electrons. The standard InChI is InChI=1S/C13H16N4O/c14-12-7-6-11(9-16-12)17-13(18)5-1-3-10-4-2-8-15-10/h2,4,6-9,15H,1,3,5H2,(H2,14,16)(H,17,18). The van der Waals surface area contributed by atoms with E-state index in [9.17, 15) is 4.79 Å². The number of aromatic amines is 1. The van der Waals surface area contributed by atoms with Gasteiger partial charge in [0.15, 0.2) is 0 Å². The van der Waals surface area contributed by atoms with Crippen LogP contribution in [-0.2, 0) is 11.2 Å². The Hall–Kier alpha value is -2.30. The van der Waals surface area contributed by atoms with Gasteiger partial charge in [-0.15, -0.1) is 0 Å². The van der Waals surface area contributed by atoms with Crippen LogP contribution in [0.5, 0.6) is 0 Å². The van der Waals surface area contributed by atoms with Crippen molar-refractivity contribution in [3.05, 3.63) is 42.4 Å². The maximum atomic E-state index is 11.6. The molecule has 0 unspecified atom stereocenters. The van der Waals surface area contributed by atoms with Gasteiger partial charge in [0.05, 0.1) is 11.9 Å². The summed E-state index contributed by atoms with van der Waals surface area (Å²) >= 11 is 0.